The van der Waals surface area contributed by atoms with Gasteiger partial charge in [-0.05, 0) is 55.5 Å². The quantitative estimate of drug-likeness (QED) is 0.458. The highest BCUT2D eigenvalue weighted by molar-refractivity contribution is 5.56. The molecule has 31 heavy (non-hydrogen) atoms. The van der Waals surface area contributed by atoms with Crippen LogP contribution in [0.5, 0.6) is 0 Å². The molecular formula is C22H26N8O. The Labute approximate surface area is 180 Å². The second-order valence-electron chi connectivity index (χ2n) is 7.74. The Morgan fingerprint density at radius 3 is 2.61 bits per heavy atom. The van der Waals surface area contributed by atoms with E-state index >= 15 is 0 Å². The van der Waals surface area contributed by atoms with E-state index in [2.05, 4.69) is 31.8 Å². The average Bonchev–Trinajstić information content (AvgIpc) is 3.19. The Balaban J connectivity index is 1.45. The first-order valence-corrected chi connectivity index (χ1v) is 10.4. The number of nitrogens with zero attached hydrogens (tertiary/aromatic N) is 5. The van der Waals surface area contributed by atoms with Gasteiger partial charge in [-0.3, -0.25) is 0 Å². The summed E-state index contributed by atoms with van der Waals surface area (Å²) in [6, 6.07) is 16.3. The number of nitriles is 1. The number of anilines is 3. The molecule has 0 amide bonds. The van der Waals surface area contributed by atoms with Crippen LogP contribution in [0.15, 0.2) is 48.7 Å². The summed E-state index contributed by atoms with van der Waals surface area (Å²) in [6.45, 7) is 0.730. The molecule has 1 aliphatic rings. The van der Waals surface area contributed by atoms with Crippen molar-refractivity contribution in [3.8, 4) is 11.9 Å². The van der Waals surface area contributed by atoms with Gasteiger partial charge in [0.15, 0.2) is 5.82 Å². The number of aromatic nitrogens is 4. The van der Waals surface area contributed by atoms with E-state index in [9.17, 15) is 5.26 Å². The summed E-state index contributed by atoms with van der Waals surface area (Å²) in [5.74, 6) is 1.21. The molecule has 1 aliphatic carbocycles. The molecule has 1 fully saturated rings. The van der Waals surface area contributed by atoms with Gasteiger partial charge < -0.3 is 21.5 Å². The lowest BCUT2D eigenvalue weighted by molar-refractivity contribution is 0.254. The van der Waals surface area contributed by atoms with Crippen LogP contribution in [0.1, 0.15) is 31.2 Å². The van der Waals surface area contributed by atoms with Gasteiger partial charge in [0.05, 0.1) is 18.1 Å². The van der Waals surface area contributed by atoms with Gasteiger partial charge in [-0.1, -0.05) is 18.2 Å². The minimum absolute atomic E-state index is 0.134. The van der Waals surface area contributed by atoms with Gasteiger partial charge in [-0.2, -0.15) is 14.9 Å². The first-order chi connectivity index (χ1) is 15.1. The first-order valence-electron chi connectivity index (χ1n) is 10.4. The second-order valence-corrected chi connectivity index (χ2v) is 7.74. The number of pyridine rings is 1. The molecule has 5 N–H and O–H groups in total. The molecular weight excluding hydrogens is 392 g/mol. The van der Waals surface area contributed by atoms with Crippen LogP contribution in [-0.4, -0.2) is 44.0 Å². The number of aliphatic hydroxyl groups excluding tert-OH is 1. The van der Waals surface area contributed by atoms with Gasteiger partial charge in [0.2, 0.25) is 11.9 Å². The fraction of sp³-hybridized carbons (Fsp3) is 0.364. The normalized spacial score (nSPS) is 20.8. The van der Waals surface area contributed by atoms with Crippen molar-refractivity contribution in [3.05, 3.63) is 54.2 Å². The Hall–Kier alpha value is -3.48. The van der Waals surface area contributed by atoms with Crippen molar-refractivity contribution < 1.29 is 5.11 Å². The molecule has 9 heteroatoms. The fourth-order valence-electron chi connectivity index (χ4n) is 4.07. The number of aliphatic hydroxyl groups is 1. The summed E-state index contributed by atoms with van der Waals surface area (Å²) in [5.41, 5.74) is 7.34. The molecule has 2 aromatic heterocycles. The number of hydrogen-bond acceptors (Lipinski definition) is 8. The molecule has 0 spiro atoms. The van der Waals surface area contributed by atoms with E-state index in [1.165, 1.54) is 4.68 Å². The summed E-state index contributed by atoms with van der Waals surface area (Å²) in [6.07, 6.45) is 5.10. The van der Waals surface area contributed by atoms with Gasteiger partial charge in [0.1, 0.15) is 0 Å². The smallest absolute Gasteiger partial charge is 0.248 e. The summed E-state index contributed by atoms with van der Waals surface area (Å²) in [7, 11) is 0. The van der Waals surface area contributed by atoms with Crippen LogP contribution in [0.2, 0.25) is 0 Å². The maximum Gasteiger partial charge on any atom is 0.248 e. The summed E-state index contributed by atoms with van der Waals surface area (Å²) in [5, 5.41) is 29.8. The number of hydrogen-bond donors (Lipinski definition) is 4. The highest BCUT2D eigenvalue weighted by atomic mass is 16.3. The Bertz CT molecular complexity index is 1030. The zero-order valence-electron chi connectivity index (χ0n) is 17.2. The molecule has 0 radical (unpaired) electrons. The van der Waals surface area contributed by atoms with Crippen molar-refractivity contribution in [2.75, 3.05) is 24.2 Å². The van der Waals surface area contributed by atoms with Crippen molar-refractivity contribution in [1.82, 2.24) is 25.1 Å². The largest absolute Gasteiger partial charge is 0.395 e. The van der Waals surface area contributed by atoms with Crippen LogP contribution < -0.4 is 16.4 Å². The molecule has 0 atom stereocenters. The van der Waals surface area contributed by atoms with Crippen molar-refractivity contribution in [1.29, 1.82) is 5.26 Å². The lowest BCUT2D eigenvalue weighted by atomic mass is 9.69. The number of nitrogens with one attached hydrogen (secondary N) is 2. The summed E-state index contributed by atoms with van der Waals surface area (Å²) in [4.78, 5) is 8.50. The third-order valence-electron chi connectivity index (χ3n) is 5.79. The lowest BCUT2D eigenvalue weighted by Crippen LogP contribution is -2.40. The SMILES string of the molecule is N#CC1(c2ccc(Nc3nc(N)n(-c4ccccn4)n3)cc2)CCC(NCCO)CC1. The number of nitrogen functional groups attached to an aromatic ring is 1. The molecule has 1 aromatic carbocycles. The van der Waals surface area contributed by atoms with Crippen LogP contribution >= 0.6 is 0 Å². The molecule has 9 nitrogen and oxygen atoms in total. The van der Waals surface area contributed by atoms with Crippen molar-refractivity contribution >= 4 is 17.6 Å². The molecule has 0 bridgehead atoms. The monoisotopic (exact) mass is 418 g/mol. The predicted octanol–water partition coefficient (Wildman–Crippen LogP) is 2.27. The molecule has 0 unspecified atom stereocenters. The number of benzene rings is 1. The van der Waals surface area contributed by atoms with E-state index in [1.807, 2.05) is 36.4 Å². The Morgan fingerprint density at radius 1 is 1.19 bits per heavy atom. The van der Waals surface area contributed by atoms with Gasteiger partial charge in [0, 0.05) is 24.5 Å². The lowest BCUT2D eigenvalue weighted by Gasteiger charge is -2.35. The third-order valence-corrected chi connectivity index (χ3v) is 5.79. The van der Waals surface area contributed by atoms with Gasteiger partial charge in [-0.25, -0.2) is 4.98 Å². The van der Waals surface area contributed by atoms with Crippen molar-refractivity contribution in [2.45, 2.75) is 37.1 Å². The highest BCUT2D eigenvalue weighted by Crippen LogP contribution is 2.39. The van der Waals surface area contributed by atoms with Gasteiger partial charge in [0.25, 0.3) is 0 Å². The first kappa shape index (κ1) is 20.8. The summed E-state index contributed by atoms with van der Waals surface area (Å²) >= 11 is 0. The van der Waals surface area contributed by atoms with Crippen LogP contribution in [0.4, 0.5) is 17.6 Å². The van der Waals surface area contributed by atoms with E-state index < -0.39 is 5.41 Å². The van der Waals surface area contributed by atoms with E-state index in [0.29, 0.717) is 24.4 Å². The minimum Gasteiger partial charge on any atom is -0.395 e. The molecule has 0 aliphatic heterocycles. The van der Waals surface area contributed by atoms with E-state index in [1.54, 1.807) is 12.3 Å². The highest BCUT2D eigenvalue weighted by Gasteiger charge is 2.36. The molecule has 160 valence electrons. The molecule has 4 rings (SSSR count). The number of rotatable bonds is 7. The molecule has 2 heterocycles. The Kier molecular flexibility index (Phi) is 6.11. The predicted molar refractivity (Wildman–Crippen MR) is 118 cm³/mol. The van der Waals surface area contributed by atoms with Gasteiger partial charge in [-0.15, -0.1) is 5.10 Å². The fourth-order valence-corrected chi connectivity index (χ4v) is 4.07. The standard InChI is InChI=1S/C22H26N8O/c23-15-22(10-8-17(9-11-22)25-13-14-31)16-4-6-18(7-5-16)27-21-28-20(24)30(29-21)19-3-1-2-12-26-19/h1-7,12,17,25,31H,8-11,13-14H2,(H3,24,27,28,29). The van der Waals surface area contributed by atoms with E-state index in [4.69, 9.17) is 10.8 Å². The average molecular weight is 419 g/mol. The molecule has 3 aromatic rings. The molecule has 0 saturated heterocycles. The second kappa shape index (κ2) is 9.12. The van der Waals surface area contributed by atoms with Crippen molar-refractivity contribution in [2.24, 2.45) is 0 Å². The minimum atomic E-state index is -0.473. The van der Waals surface area contributed by atoms with Crippen LogP contribution in [0, 0.1) is 11.3 Å². The Morgan fingerprint density at radius 2 is 1.97 bits per heavy atom. The third kappa shape index (κ3) is 4.50. The van der Waals surface area contributed by atoms with Crippen LogP contribution in [0.25, 0.3) is 5.82 Å². The zero-order chi connectivity index (χ0) is 21.7. The zero-order valence-corrected chi connectivity index (χ0v) is 17.2. The van der Waals surface area contributed by atoms with Crippen LogP contribution in [-0.2, 0) is 5.41 Å². The van der Waals surface area contributed by atoms with E-state index in [0.717, 1.165) is 36.9 Å². The van der Waals surface area contributed by atoms with Crippen molar-refractivity contribution in [3.63, 3.8) is 0 Å². The topological polar surface area (TPSA) is 138 Å². The summed E-state index contributed by atoms with van der Waals surface area (Å²) < 4.78 is 1.48. The maximum absolute atomic E-state index is 9.93. The molecule has 1 saturated carbocycles. The van der Waals surface area contributed by atoms with Crippen LogP contribution in [0.3, 0.4) is 0 Å². The van der Waals surface area contributed by atoms with E-state index in [-0.39, 0.29) is 12.6 Å². The number of nitrogens with two attached hydrogens (primary N) is 1. The van der Waals surface area contributed by atoms with Gasteiger partial charge >= 0.3 is 0 Å². The maximum atomic E-state index is 9.93.